The molecule has 1 aromatic carbocycles. The lowest BCUT2D eigenvalue weighted by atomic mass is 9.87. The molecule has 0 aliphatic carbocycles. The monoisotopic (exact) mass is 412 g/mol. The Balaban J connectivity index is 1.28. The Morgan fingerprint density at radius 1 is 1.17 bits per heavy atom. The standard InChI is InChI=1S/C22H28N4O4/c27-19-5-4-18(20(28)24-19)26-13-17-15(2-1-3-16(17)21(26)29)12-25-9-6-22(7-10-25)14-30-11-8-23-22/h1-3,18,23H,4-14H2,(H,24,27,28). The number of carbonyl (C=O) groups excluding carboxylic acids is 3. The minimum Gasteiger partial charge on any atom is -0.378 e. The molecule has 0 aromatic heterocycles. The molecule has 4 aliphatic rings. The van der Waals surface area contributed by atoms with Crippen molar-refractivity contribution in [1.29, 1.82) is 0 Å². The van der Waals surface area contributed by atoms with Crippen LogP contribution in [0, 0.1) is 0 Å². The molecule has 1 unspecified atom stereocenters. The van der Waals surface area contributed by atoms with Crippen molar-refractivity contribution in [1.82, 2.24) is 20.4 Å². The van der Waals surface area contributed by atoms with E-state index in [0.29, 0.717) is 18.5 Å². The van der Waals surface area contributed by atoms with Gasteiger partial charge in [-0.25, -0.2) is 0 Å². The summed E-state index contributed by atoms with van der Waals surface area (Å²) in [5.74, 6) is -0.734. The Labute approximate surface area is 175 Å². The lowest BCUT2D eigenvalue weighted by molar-refractivity contribution is -0.136. The van der Waals surface area contributed by atoms with Gasteiger partial charge >= 0.3 is 0 Å². The number of morpholine rings is 1. The molecule has 8 nitrogen and oxygen atoms in total. The van der Waals surface area contributed by atoms with Crippen LogP contribution in [0.5, 0.6) is 0 Å². The van der Waals surface area contributed by atoms with Gasteiger partial charge in [-0.3, -0.25) is 24.6 Å². The summed E-state index contributed by atoms with van der Waals surface area (Å²) in [5.41, 5.74) is 2.98. The quantitative estimate of drug-likeness (QED) is 0.699. The Kier molecular flexibility index (Phi) is 5.08. The second kappa shape index (κ2) is 7.76. The lowest BCUT2D eigenvalue weighted by Crippen LogP contribution is -2.59. The Morgan fingerprint density at radius 2 is 2.00 bits per heavy atom. The number of rotatable bonds is 3. The highest BCUT2D eigenvalue weighted by molar-refractivity contribution is 6.05. The van der Waals surface area contributed by atoms with Crippen LogP contribution in [-0.4, -0.2) is 72.0 Å². The maximum Gasteiger partial charge on any atom is 0.255 e. The predicted molar refractivity (Wildman–Crippen MR) is 109 cm³/mol. The summed E-state index contributed by atoms with van der Waals surface area (Å²) in [7, 11) is 0. The van der Waals surface area contributed by atoms with Crippen molar-refractivity contribution < 1.29 is 19.1 Å². The summed E-state index contributed by atoms with van der Waals surface area (Å²) in [5, 5.41) is 6.02. The van der Waals surface area contributed by atoms with Gasteiger partial charge in [0.2, 0.25) is 11.8 Å². The summed E-state index contributed by atoms with van der Waals surface area (Å²) in [6, 6.07) is 5.30. The summed E-state index contributed by atoms with van der Waals surface area (Å²) in [4.78, 5) is 40.8. The molecule has 30 heavy (non-hydrogen) atoms. The van der Waals surface area contributed by atoms with Crippen LogP contribution in [0.1, 0.15) is 47.2 Å². The second-order valence-electron chi connectivity index (χ2n) is 8.88. The number of nitrogens with one attached hydrogen (secondary N) is 2. The van der Waals surface area contributed by atoms with Crippen LogP contribution >= 0.6 is 0 Å². The zero-order chi connectivity index (χ0) is 20.7. The molecule has 1 aromatic rings. The van der Waals surface area contributed by atoms with Gasteiger partial charge in [0.25, 0.3) is 5.91 Å². The molecule has 4 heterocycles. The third-order valence-electron chi connectivity index (χ3n) is 7.01. The molecule has 2 N–H and O–H groups in total. The van der Waals surface area contributed by atoms with Crippen molar-refractivity contribution in [2.75, 3.05) is 32.8 Å². The Bertz CT molecular complexity index is 870. The smallest absolute Gasteiger partial charge is 0.255 e. The molecule has 8 heteroatoms. The van der Waals surface area contributed by atoms with Crippen molar-refractivity contribution >= 4 is 17.7 Å². The molecule has 3 amide bonds. The third kappa shape index (κ3) is 3.53. The molecule has 0 saturated carbocycles. The maximum atomic E-state index is 13.0. The van der Waals surface area contributed by atoms with Crippen molar-refractivity contribution in [2.45, 2.75) is 50.4 Å². The lowest BCUT2D eigenvalue weighted by Gasteiger charge is -2.44. The van der Waals surface area contributed by atoms with E-state index in [1.807, 2.05) is 12.1 Å². The molecule has 3 fully saturated rings. The summed E-state index contributed by atoms with van der Waals surface area (Å²) < 4.78 is 5.70. The number of nitrogens with zero attached hydrogens (tertiary/aromatic N) is 2. The van der Waals surface area contributed by atoms with E-state index in [9.17, 15) is 14.4 Å². The minimum atomic E-state index is -0.567. The first kappa shape index (κ1) is 19.7. The Morgan fingerprint density at radius 3 is 2.73 bits per heavy atom. The van der Waals surface area contributed by atoms with Crippen LogP contribution < -0.4 is 10.6 Å². The maximum absolute atomic E-state index is 13.0. The van der Waals surface area contributed by atoms with E-state index in [-0.39, 0.29) is 29.7 Å². The average molecular weight is 412 g/mol. The van der Waals surface area contributed by atoms with Gasteiger partial charge in [0, 0.05) is 50.2 Å². The van der Waals surface area contributed by atoms with E-state index in [0.717, 1.165) is 63.4 Å². The van der Waals surface area contributed by atoms with Crippen LogP contribution in [0.25, 0.3) is 0 Å². The molecule has 4 aliphatic heterocycles. The Hall–Kier alpha value is -2.29. The number of amides is 3. The number of hydrogen-bond acceptors (Lipinski definition) is 6. The molecular formula is C22H28N4O4. The number of imide groups is 1. The van der Waals surface area contributed by atoms with Gasteiger partial charge in [-0.2, -0.15) is 0 Å². The minimum absolute atomic E-state index is 0.109. The van der Waals surface area contributed by atoms with E-state index >= 15 is 0 Å². The molecular weight excluding hydrogens is 384 g/mol. The van der Waals surface area contributed by atoms with Gasteiger partial charge in [-0.05, 0) is 36.5 Å². The molecule has 0 radical (unpaired) electrons. The highest BCUT2D eigenvalue weighted by atomic mass is 16.5. The molecule has 3 saturated heterocycles. The predicted octanol–water partition coefficient (Wildman–Crippen LogP) is 0.402. The van der Waals surface area contributed by atoms with Crippen LogP contribution in [0.4, 0.5) is 0 Å². The topological polar surface area (TPSA) is 91.0 Å². The normalized spacial score (nSPS) is 26.7. The first-order valence-electron chi connectivity index (χ1n) is 10.9. The summed E-state index contributed by atoms with van der Waals surface area (Å²) >= 11 is 0. The first-order chi connectivity index (χ1) is 14.5. The highest BCUT2D eigenvalue weighted by Crippen LogP contribution is 2.32. The number of hydrogen-bond donors (Lipinski definition) is 2. The molecule has 160 valence electrons. The van der Waals surface area contributed by atoms with Gasteiger partial charge in [0.15, 0.2) is 0 Å². The first-order valence-corrected chi connectivity index (χ1v) is 10.9. The molecule has 1 spiro atoms. The third-order valence-corrected chi connectivity index (χ3v) is 7.01. The number of ether oxygens (including phenoxy) is 1. The largest absolute Gasteiger partial charge is 0.378 e. The van der Waals surface area contributed by atoms with E-state index in [4.69, 9.17) is 4.74 Å². The summed E-state index contributed by atoms with van der Waals surface area (Å²) in [6.07, 6.45) is 2.78. The molecule has 5 rings (SSSR count). The van der Waals surface area contributed by atoms with Crippen molar-refractivity contribution in [3.63, 3.8) is 0 Å². The molecule has 1 atom stereocenters. The zero-order valence-corrected chi connectivity index (χ0v) is 17.1. The fourth-order valence-electron chi connectivity index (χ4n) is 5.21. The van der Waals surface area contributed by atoms with Crippen LogP contribution in [0.15, 0.2) is 18.2 Å². The second-order valence-corrected chi connectivity index (χ2v) is 8.88. The van der Waals surface area contributed by atoms with E-state index in [1.165, 1.54) is 0 Å². The van der Waals surface area contributed by atoms with Gasteiger partial charge in [0.05, 0.1) is 13.2 Å². The van der Waals surface area contributed by atoms with Crippen molar-refractivity contribution in [3.8, 4) is 0 Å². The van der Waals surface area contributed by atoms with Crippen LogP contribution in [0.2, 0.25) is 0 Å². The van der Waals surface area contributed by atoms with Gasteiger partial charge in [-0.15, -0.1) is 0 Å². The number of piperidine rings is 2. The van der Waals surface area contributed by atoms with Crippen LogP contribution in [-0.2, 0) is 27.4 Å². The van der Waals surface area contributed by atoms with E-state index in [2.05, 4.69) is 21.6 Å². The van der Waals surface area contributed by atoms with Gasteiger partial charge in [-0.1, -0.05) is 12.1 Å². The van der Waals surface area contributed by atoms with Gasteiger partial charge < -0.3 is 15.0 Å². The van der Waals surface area contributed by atoms with E-state index < -0.39 is 6.04 Å². The van der Waals surface area contributed by atoms with E-state index in [1.54, 1.807) is 4.90 Å². The molecule has 0 bridgehead atoms. The van der Waals surface area contributed by atoms with Gasteiger partial charge in [0.1, 0.15) is 6.04 Å². The number of carbonyl (C=O) groups is 3. The van der Waals surface area contributed by atoms with Crippen LogP contribution in [0.3, 0.4) is 0 Å². The fourth-order valence-corrected chi connectivity index (χ4v) is 5.21. The number of likely N-dealkylation sites (tertiary alicyclic amines) is 1. The fraction of sp³-hybridized carbons (Fsp3) is 0.591. The van der Waals surface area contributed by atoms with Crippen molar-refractivity contribution in [3.05, 3.63) is 34.9 Å². The number of benzene rings is 1. The van der Waals surface area contributed by atoms with Crippen molar-refractivity contribution in [2.24, 2.45) is 0 Å². The summed E-state index contributed by atoms with van der Waals surface area (Å²) in [6.45, 7) is 5.72. The zero-order valence-electron chi connectivity index (χ0n) is 17.1. The average Bonchev–Trinajstić information content (AvgIpc) is 3.08. The number of fused-ring (bicyclic) bond motifs is 1. The highest BCUT2D eigenvalue weighted by Gasteiger charge is 2.40. The SMILES string of the molecule is O=C1CCC(N2Cc3c(CN4CCC5(CC4)COCCN5)cccc3C2=O)C(=O)N1.